The second-order valence-electron chi connectivity index (χ2n) is 2.19. The minimum Gasteiger partial charge on any atom is -0.364 e. The molecule has 64 valence electrons. The average molecular weight is 167 g/mol. The summed E-state index contributed by atoms with van der Waals surface area (Å²) < 4.78 is 0. The first-order valence-electron chi connectivity index (χ1n) is 3.31. The number of rotatable bonds is 3. The van der Waals surface area contributed by atoms with E-state index in [9.17, 15) is 4.79 Å². The zero-order valence-corrected chi connectivity index (χ0v) is 6.36. The summed E-state index contributed by atoms with van der Waals surface area (Å²) in [6.07, 6.45) is 0. The first-order chi connectivity index (χ1) is 5.74. The van der Waals surface area contributed by atoms with Crippen molar-refractivity contribution in [2.24, 2.45) is 11.6 Å². The Bertz CT molecular complexity index is 288. The van der Waals surface area contributed by atoms with Crippen molar-refractivity contribution >= 4 is 5.91 Å². The Balaban J connectivity index is 2.88. The number of pyridine rings is 1. The van der Waals surface area contributed by atoms with Gasteiger partial charge < -0.3 is 5.73 Å². The molecule has 0 bridgehead atoms. The number of carbonyl (C=O) groups excluding carboxylic acids is 1. The fraction of sp³-hybridized carbons (Fsp3) is 0.143. The van der Waals surface area contributed by atoms with E-state index in [4.69, 9.17) is 11.6 Å². The summed E-state index contributed by atoms with van der Waals surface area (Å²) >= 11 is 0. The highest BCUT2D eigenvalue weighted by molar-refractivity contribution is 5.90. The monoisotopic (exact) mass is 167 g/mol. The molecule has 12 heavy (non-hydrogen) atoms. The SMILES string of the molecule is NOCc1cccc(C(N)=O)n1. The summed E-state index contributed by atoms with van der Waals surface area (Å²) in [7, 11) is 0. The quantitative estimate of drug-likeness (QED) is 0.597. The lowest BCUT2D eigenvalue weighted by Crippen LogP contribution is -2.14. The molecule has 0 aromatic carbocycles. The second-order valence-corrected chi connectivity index (χ2v) is 2.19. The molecule has 1 rings (SSSR count). The van der Waals surface area contributed by atoms with Gasteiger partial charge in [0.25, 0.3) is 5.91 Å². The summed E-state index contributed by atoms with van der Waals surface area (Å²) in [6, 6.07) is 4.89. The lowest BCUT2D eigenvalue weighted by molar-refractivity contribution is 0.0992. The van der Waals surface area contributed by atoms with E-state index in [1.165, 1.54) is 6.07 Å². The molecule has 0 aliphatic heterocycles. The van der Waals surface area contributed by atoms with E-state index in [1.54, 1.807) is 12.1 Å². The van der Waals surface area contributed by atoms with Crippen LogP contribution < -0.4 is 11.6 Å². The molecule has 1 heterocycles. The summed E-state index contributed by atoms with van der Waals surface area (Å²) in [5.74, 6) is 4.27. The fourth-order valence-corrected chi connectivity index (χ4v) is 0.783. The zero-order valence-electron chi connectivity index (χ0n) is 6.36. The van der Waals surface area contributed by atoms with Gasteiger partial charge in [0.05, 0.1) is 5.69 Å². The Morgan fingerprint density at radius 1 is 1.58 bits per heavy atom. The molecular weight excluding hydrogens is 158 g/mol. The number of primary amides is 1. The van der Waals surface area contributed by atoms with E-state index in [1.807, 2.05) is 0 Å². The van der Waals surface area contributed by atoms with Gasteiger partial charge in [-0.3, -0.25) is 9.63 Å². The maximum atomic E-state index is 10.6. The van der Waals surface area contributed by atoms with E-state index >= 15 is 0 Å². The van der Waals surface area contributed by atoms with Gasteiger partial charge in [0.1, 0.15) is 12.3 Å². The van der Waals surface area contributed by atoms with E-state index in [0.717, 1.165) is 0 Å². The van der Waals surface area contributed by atoms with Crippen LogP contribution in [0.1, 0.15) is 16.2 Å². The normalized spacial score (nSPS) is 9.75. The van der Waals surface area contributed by atoms with Crippen LogP contribution in [-0.4, -0.2) is 10.9 Å². The third-order valence-corrected chi connectivity index (χ3v) is 1.29. The third-order valence-electron chi connectivity index (χ3n) is 1.29. The van der Waals surface area contributed by atoms with Crippen LogP contribution in [-0.2, 0) is 11.4 Å². The number of nitrogens with two attached hydrogens (primary N) is 2. The van der Waals surface area contributed by atoms with E-state index in [0.29, 0.717) is 5.69 Å². The van der Waals surface area contributed by atoms with Crippen molar-refractivity contribution < 1.29 is 9.63 Å². The Hall–Kier alpha value is -1.46. The average Bonchev–Trinajstić information content (AvgIpc) is 2.05. The molecule has 4 N–H and O–H groups in total. The molecule has 1 amide bonds. The number of hydrogen-bond donors (Lipinski definition) is 2. The van der Waals surface area contributed by atoms with Crippen molar-refractivity contribution in [3.8, 4) is 0 Å². The van der Waals surface area contributed by atoms with Crippen LogP contribution in [0.25, 0.3) is 0 Å². The van der Waals surface area contributed by atoms with Crippen molar-refractivity contribution in [1.82, 2.24) is 4.98 Å². The van der Waals surface area contributed by atoms with E-state index in [2.05, 4.69) is 9.82 Å². The van der Waals surface area contributed by atoms with Gasteiger partial charge in [0.2, 0.25) is 0 Å². The second kappa shape index (κ2) is 3.80. The van der Waals surface area contributed by atoms with Crippen LogP contribution >= 0.6 is 0 Å². The van der Waals surface area contributed by atoms with Crippen molar-refractivity contribution in [1.29, 1.82) is 0 Å². The first kappa shape index (κ1) is 8.63. The summed E-state index contributed by atoms with van der Waals surface area (Å²) in [5, 5.41) is 0. The van der Waals surface area contributed by atoms with Crippen LogP contribution in [0.15, 0.2) is 18.2 Å². The molecule has 1 aromatic heterocycles. The molecule has 0 unspecified atom stereocenters. The fourth-order valence-electron chi connectivity index (χ4n) is 0.783. The van der Waals surface area contributed by atoms with Crippen LogP contribution in [0.3, 0.4) is 0 Å². The molecule has 0 saturated heterocycles. The molecule has 0 atom stereocenters. The van der Waals surface area contributed by atoms with Crippen molar-refractivity contribution in [3.05, 3.63) is 29.6 Å². The lowest BCUT2D eigenvalue weighted by Gasteiger charge is -1.99. The Morgan fingerprint density at radius 3 is 2.92 bits per heavy atom. The highest BCUT2D eigenvalue weighted by Crippen LogP contribution is 1.98. The van der Waals surface area contributed by atoms with Crippen LogP contribution in [0.4, 0.5) is 0 Å². The highest BCUT2D eigenvalue weighted by Gasteiger charge is 2.01. The van der Waals surface area contributed by atoms with Crippen LogP contribution in [0.2, 0.25) is 0 Å². The Kier molecular flexibility index (Phi) is 2.73. The molecule has 5 nitrogen and oxygen atoms in total. The largest absolute Gasteiger partial charge is 0.364 e. The molecule has 0 aliphatic carbocycles. The van der Waals surface area contributed by atoms with Gasteiger partial charge in [-0.05, 0) is 12.1 Å². The van der Waals surface area contributed by atoms with Crippen molar-refractivity contribution in [2.75, 3.05) is 0 Å². The maximum absolute atomic E-state index is 10.6. The zero-order chi connectivity index (χ0) is 8.97. The summed E-state index contributed by atoms with van der Waals surface area (Å²) in [5.41, 5.74) is 5.80. The Morgan fingerprint density at radius 2 is 2.33 bits per heavy atom. The molecule has 0 aliphatic rings. The molecule has 0 saturated carbocycles. The van der Waals surface area contributed by atoms with Gasteiger partial charge in [-0.25, -0.2) is 10.9 Å². The number of nitrogens with zero attached hydrogens (tertiary/aromatic N) is 1. The van der Waals surface area contributed by atoms with Gasteiger partial charge in [-0.2, -0.15) is 0 Å². The van der Waals surface area contributed by atoms with E-state index < -0.39 is 5.91 Å². The molecule has 0 radical (unpaired) electrons. The van der Waals surface area contributed by atoms with Gasteiger partial charge >= 0.3 is 0 Å². The maximum Gasteiger partial charge on any atom is 0.267 e. The van der Waals surface area contributed by atoms with Crippen LogP contribution in [0.5, 0.6) is 0 Å². The standard InChI is InChI=1S/C7H9N3O2/c8-7(11)6-3-1-2-5(10-6)4-12-9/h1-3H,4,9H2,(H2,8,11). The topological polar surface area (TPSA) is 91.2 Å². The predicted octanol–water partition coefficient (Wildman–Crippen LogP) is -0.429. The van der Waals surface area contributed by atoms with Gasteiger partial charge in [-0.15, -0.1) is 0 Å². The number of amides is 1. The molecule has 0 fully saturated rings. The van der Waals surface area contributed by atoms with Gasteiger partial charge in [0.15, 0.2) is 0 Å². The molecular formula is C7H9N3O2. The number of hydrogen-bond acceptors (Lipinski definition) is 4. The van der Waals surface area contributed by atoms with Gasteiger partial charge in [-0.1, -0.05) is 6.07 Å². The Labute approximate surface area is 69.3 Å². The summed E-state index contributed by atoms with van der Waals surface area (Å²) in [4.78, 5) is 18.9. The first-order valence-corrected chi connectivity index (χ1v) is 3.31. The lowest BCUT2D eigenvalue weighted by atomic mass is 10.3. The third kappa shape index (κ3) is 2.01. The highest BCUT2D eigenvalue weighted by atomic mass is 16.6. The summed E-state index contributed by atoms with van der Waals surface area (Å²) in [6.45, 7) is 0.168. The minimum absolute atomic E-state index is 0.168. The van der Waals surface area contributed by atoms with E-state index in [-0.39, 0.29) is 12.3 Å². The van der Waals surface area contributed by atoms with Gasteiger partial charge in [0, 0.05) is 0 Å². The van der Waals surface area contributed by atoms with Crippen molar-refractivity contribution in [2.45, 2.75) is 6.61 Å². The minimum atomic E-state index is -0.561. The predicted molar refractivity (Wildman–Crippen MR) is 41.7 cm³/mol. The number of carbonyl (C=O) groups is 1. The van der Waals surface area contributed by atoms with Crippen molar-refractivity contribution in [3.63, 3.8) is 0 Å². The smallest absolute Gasteiger partial charge is 0.267 e. The number of aromatic nitrogens is 1. The molecule has 5 heteroatoms. The molecule has 0 spiro atoms. The molecule has 1 aromatic rings. The van der Waals surface area contributed by atoms with Crippen LogP contribution in [0, 0.1) is 0 Å².